The van der Waals surface area contributed by atoms with E-state index in [4.69, 9.17) is 17.2 Å². The van der Waals surface area contributed by atoms with Crippen molar-refractivity contribution in [1.82, 2.24) is 31.2 Å². The second-order valence-corrected chi connectivity index (χ2v) is 12.5. The van der Waals surface area contributed by atoms with E-state index in [1.165, 1.54) is 19.4 Å². The summed E-state index contributed by atoms with van der Waals surface area (Å²) in [7, 11) is 0. The van der Waals surface area contributed by atoms with Crippen LogP contribution in [-0.4, -0.2) is 76.2 Å². The van der Waals surface area contributed by atoms with Crippen molar-refractivity contribution in [1.29, 1.82) is 0 Å². The molecule has 0 radical (unpaired) electrons. The molecule has 3 aromatic carbocycles. The number of primary amides is 1. The molecule has 5 amide bonds. The Labute approximate surface area is 307 Å². The largest absolute Gasteiger partial charge is 0.370 e. The third-order valence-electron chi connectivity index (χ3n) is 8.42. The molecule has 53 heavy (non-hydrogen) atoms. The molecular weight excluding hydrogens is 676 g/mol. The summed E-state index contributed by atoms with van der Waals surface area (Å²) in [4.78, 5) is 77.9. The summed E-state index contributed by atoms with van der Waals surface area (Å²) in [5.41, 5.74) is 19.8. The number of carbonyl (C=O) groups is 5. The first kappa shape index (κ1) is 39.3. The van der Waals surface area contributed by atoms with Crippen LogP contribution in [0.2, 0.25) is 0 Å². The van der Waals surface area contributed by atoms with Gasteiger partial charge in [0.05, 0.1) is 6.33 Å². The van der Waals surface area contributed by atoms with Gasteiger partial charge in [-0.25, -0.2) is 4.98 Å². The highest BCUT2D eigenvalue weighted by atomic mass is 16.2. The molecule has 0 spiro atoms. The maximum atomic E-state index is 14.1. The number of hydrogen-bond acceptors (Lipinski definition) is 7. The quantitative estimate of drug-likeness (QED) is 0.0384. The molecule has 0 fully saturated rings. The minimum atomic E-state index is -1.20. The van der Waals surface area contributed by atoms with E-state index in [0.29, 0.717) is 5.69 Å². The van der Waals surface area contributed by atoms with Gasteiger partial charge in [-0.05, 0) is 29.5 Å². The zero-order valence-corrected chi connectivity index (χ0v) is 29.4. The monoisotopic (exact) mass is 722 g/mol. The Morgan fingerprint density at radius 1 is 0.698 bits per heavy atom. The first-order valence-corrected chi connectivity index (χ1v) is 17.2. The molecule has 0 aliphatic carbocycles. The number of imidazole rings is 1. The lowest BCUT2D eigenvalue weighted by atomic mass is 9.84. The summed E-state index contributed by atoms with van der Waals surface area (Å²) in [6.45, 7) is 1.44. The number of guanidine groups is 1. The van der Waals surface area contributed by atoms with Crippen LogP contribution >= 0.6 is 0 Å². The summed E-state index contributed by atoms with van der Waals surface area (Å²) in [6, 6.07) is 22.7. The van der Waals surface area contributed by atoms with Gasteiger partial charge in [-0.15, -0.1) is 0 Å². The van der Waals surface area contributed by atoms with E-state index < -0.39 is 59.6 Å². The van der Waals surface area contributed by atoms with E-state index in [1.807, 2.05) is 66.7 Å². The molecule has 0 saturated carbocycles. The molecular formula is C38H46N10O5. The van der Waals surface area contributed by atoms with Crippen molar-refractivity contribution in [3.8, 4) is 0 Å². The van der Waals surface area contributed by atoms with Crippen LogP contribution in [0.3, 0.4) is 0 Å². The van der Waals surface area contributed by atoms with Gasteiger partial charge in [0.15, 0.2) is 5.96 Å². The molecule has 15 nitrogen and oxygen atoms in total. The SMILES string of the molecule is CC(=O)N[C@@H](Cc1cnc[nH]1)C(=O)N[C@H](Cc1ccccc1)C(=O)N[C@@H](CCCN=C(N)N)C(=O)N[C@@H](C(N)=O)C(c1ccccc1)c1ccccc1. The van der Waals surface area contributed by atoms with Gasteiger partial charge in [0.2, 0.25) is 29.5 Å². The molecule has 4 aromatic rings. The Hall–Kier alpha value is -6.51. The number of benzene rings is 3. The predicted octanol–water partition coefficient (Wildman–Crippen LogP) is 0.525. The van der Waals surface area contributed by atoms with Gasteiger partial charge in [0, 0.05) is 44.1 Å². The zero-order chi connectivity index (χ0) is 38.2. The van der Waals surface area contributed by atoms with Gasteiger partial charge < -0.3 is 43.5 Å². The van der Waals surface area contributed by atoms with Crippen LogP contribution in [0.5, 0.6) is 0 Å². The minimum Gasteiger partial charge on any atom is -0.370 e. The molecule has 1 heterocycles. The molecule has 0 saturated heterocycles. The van der Waals surface area contributed by atoms with Gasteiger partial charge in [-0.2, -0.15) is 0 Å². The average molecular weight is 723 g/mol. The summed E-state index contributed by atoms with van der Waals surface area (Å²) < 4.78 is 0. The second kappa shape index (κ2) is 19.8. The van der Waals surface area contributed by atoms with Crippen molar-refractivity contribution < 1.29 is 24.0 Å². The van der Waals surface area contributed by atoms with Crippen LogP contribution < -0.4 is 38.5 Å². The van der Waals surface area contributed by atoms with Crippen LogP contribution in [-0.2, 0) is 36.8 Å². The molecule has 1 aromatic heterocycles. The number of carbonyl (C=O) groups excluding carboxylic acids is 5. The number of nitrogens with zero attached hydrogens (tertiary/aromatic N) is 2. The highest BCUT2D eigenvalue weighted by molar-refractivity contribution is 5.95. The number of amides is 5. The van der Waals surface area contributed by atoms with E-state index in [-0.39, 0.29) is 38.2 Å². The van der Waals surface area contributed by atoms with E-state index in [2.05, 4.69) is 36.2 Å². The normalized spacial score (nSPS) is 13.1. The number of aromatic amines is 1. The maximum Gasteiger partial charge on any atom is 0.243 e. The molecule has 0 aliphatic heterocycles. The lowest BCUT2D eigenvalue weighted by molar-refractivity contribution is -0.134. The van der Waals surface area contributed by atoms with Crippen LogP contribution in [0, 0.1) is 0 Å². The lowest BCUT2D eigenvalue weighted by Crippen LogP contribution is -2.59. The van der Waals surface area contributed by atoms with Crippen LogP contribution in [0.25, 0.3) is 0 Å². The van der Waals surface area contributed by atoms with Crippen molar-refractivity contribution in [2.75, 3.05) is 6.54 Å². The number of nitrogens with two attached hydrogens (primary N) is 3. The number of aliphatic imine (C=N–C) groups is 1. The topological polar surface area (TPSA) is 253 Å². The van der Waals surface area contributed by atoms with Gasteiger partial charge in [-0.3, -0.25) is 29.0 Å². The Bertz CT molecular complexity index is 1780. The number of hydrogen-bond donors (Lipinski definition) is 8. The highest BCUT2D eigenvalue weighted by Crippen LogP contribution is 2.28. The Kier molecular flexibility index (Phi) is 14.7. The number of aromatic nitrogens is 2. The Balaban J connectivity index is 1.63. The van der Waals surface area contributed by atoms with Crippen molar-refractivity contribution in [3.63, 3.8) is 0 Å². The van der Waals surface area contributed by atoms with Crippen molar-refractivity contribution >= 4 is 35.5 Å². The smallest absolute Gasteiger partial charge is 0.243 e. The molecule has 0 bridgehead atoms. The van der Waals surface area contributed by atoms with E-state index in [1.54, 1.807) is 24.3 Å². The summed E-state index contributed by atoms with van der Waals surface area (Å²) in [6.07, 6.45) is 3.48. The number of nitrogens with one attached hydrogen (secondary N) is 5. The van der Waals surface area contributed by atoms with Crippen molar-refractivity contribution in [2.24, 2.45) is 22.2 Å². The second-order valence-electron chi connectivity index (χ2n) is 12.5. The van der Waals surface area contributed by atoms with Crippen LogP contribution in [0.15, 0.2) is 109 Å². The number of H-pyrrole nitrogens is 1. The summed E-state index contributed by atoms with van der Waals surface area (Å²) in [5, 5.41) is 11.0. The van der Waals surface area contributed by atoms with Crippen molar-refractivity contribution in [3.05, 3.63) is 126 Å². The maximum absolute atomic E-state index is 14.1. The first-order valence-electron chi connectivity index (χ1n) is 17.2. The van der Waals surface area contributed by atoms with E-state index in [0.717, 1.165) is 16.7 Å². The lowest BCUT2D eigenvalue weighted by Gasteiger charge is -2.29. The van der Waals surface area contributed by atoms with Crippen LogP contribution in [0.4, 0.5) is 0 Å². The van der Waals surface area contributed by atoms with Gasteiger partial charge in [0.25, 0.3) is 0 Å². The summed E-state index contributed by atoms with van der Waals surface area (Å²) in [5.74, 6) is -3.98. The standard InChI is InChI=1S/C38H46N10O5/c1-24(49)45-31(21-28-22-42-23-44-28)37(53)47-30(20-25-12-5-2-6-13-25)36(52)46-29(18-11-19-43-38(40)41)35(51)48-33(34(39)50)32(26-14-7-3-8-15-26)27-16-9-4-10-17-27/h2-10,12-17,22-23,29-33H,11,18-21H2,1H3,(H2,39,50)(H,42,44)(H,45,49)(H,46,52)(H,47,53)(H,48,51)(H4,40,41,43)/t29-,30+,31-,33+/m0/s1. The van der Waals surface area contributed by atoms with E-state index in [9.17, 15) is 24.0 Å². The molecule has 4 rings (SSSR count). The summed E-state index contributed by atoms with van der Waals surface area (Å²) >= 11 is 0. The predicted molar refractivity (Wildman–Crippen MR) is 200 cm³/mol. The van der Waals surface area contributed by atoms with Gasteiger partial charge in [-0.1, -0.05) is 91.0 Å². The zero-order valence-electron chi connectivity index (χ0n) is 29.4. The average Bonchev–Trinajstić information content (AvgIpc) is 3.66. The fourth-order valence-corrected chi connectivity index (χ4v) is 5.92. The van der Waals surface area contributed by atoms with Gasteiger partial charge >= 0.3 is 0 Å². The molecule has 15 heteroatoms. The fraction of sp³-hybridized carbons (Fsp3) is 0.289. The highest BCUT2D eigenvalue weighted by Gasteiger charge is 2.35. The fourth-order valence-electron chi connectivity index (χ4n) is 5.92. The third kappa shape index (κ3) is 12.3. The third-order valence-corrected chi connectivity index (χ3v) is 8.42. The molecule has 278 valence electrons. The van der Waals surface area contributed by atoms with Crippen LogP contribution in [0.1, 0.15) is 48.1 Å². The minimum absolute atomic E-state index is 0.0611. The van der Waals surface area contributed by atoms with Gasteiger partial charge in [0.1, 0.15) is 24.2 Å². The first-order chi connectivity index (χ1) is 25.5. The Morgan fingerprint density at radius 3 is 1.74 bits per heavy atom. The molecule has 0 aliphatic rings. The van der Waals surface area contributed by atoms with E-state index >= 15 is 0 Å². The van der Waals surface area contributed by atoms with Crippen molar-refractivity contribution in [2.45, 2.75) is 62.7 Å². The molecule has 11 N–H and O–H groups in total. The molecule has 4 atom stereocenters. The molecule has 0 unspecified atom stereocenters. The Morgan fingerprint density at radius 2 is 1.23 bits per heavy atom. The number of rotatable bonds is 19.